The molecule has 0 bridgehead atoms. The van der Waals surface area contributed by atoms with Crippen LogP contribution in [0.15, 0.2) is 10.5 Å². The zero-order valence-corrected chi connectivity index (χ0v) is 10.5. The lowest BCUT2D eigenvalue weighted by Gasteiger charge is -2.13. The van der Waals surface area contributed by atoms with Gasteiger partial charge in [-0.05, 0) is 22.0 Å². The van der Waals surface area contributed by atoms with Gasteiger partial charge in [-0.1, -0.05) is 0 Å². The van der Waals surface area contributed by atoms with Crippen molar-refractivity contribution in [3.8, 4) is 5.75 Å². The van der Waals surface area contributed by atoms with Crippen molar-refractivity contribution in [2.75, 3.05) is 14.2 Å². The van der Waals surface area contributed by atoms with Gasteiger partial charge in [0, 0.05) is 5.56 Å². The Morgan fingerprint density at radius 1 is 1.41 bits per heavy atom. The molecule has 0 fully saturated rings. The molecule has 1 aromatic rings. The highest BCUT2D eigenvalue weighted by molar-refractivity contribution is 9.10. The molecule has 0 saturated heterocycles. The molecule has 17 heavy (non-hydrogen) atoms. The van der Waals surface area contributed by atoms with Gasteiger partial charge in [0.15, 0.2) is 23.5 Å². The number of hydrogen-bond donors (Lipinski definition) is 1. The van der Waals surface area contributed by atoms with Crippen molar-refractivity contribution in [3.05, 3.63) is 27.7 Å². The van der Waals surface area contributed by atoms with Crippen LogP contribution in [0.3, 0.4) is 0 Å². The molecule has 7 heteroatoms. The summed E-state index contributed by atoms with van der Waals surface area (Å²) in [5.41, 5.74) is -0.429. The second-order valence-corrected chi connectivity index (χ2v) is 3.89. The lowest BCUT2D eigenvalue weighted by molar-refractivity contribution is -0.150. The van der Waals surface area contributed by atoms with E-state index in [1.807, 2.05) is 0 Å². The first-order valence-electron chi connectivity index (χ1n) is 4.41. The molecule has 1 atom stereocenters. The van der Waals surface area contributed by atoms with Crippen LogP contribution in [0.2, 0.25) is 0 Å². The highest BCUT2D eigenvalue weighted by atomic mass is 79.9. The number of hydrogen-bond acceptors (Lipinski definition) is 4. The van der Waals surface area contributed by atoms with E-state index >= 15 is 0 Å². The Hall–Kier alpha value is -1.21. The first-order valence-corrected chi connectivity index (χ1v) is 5.20. The molecule has 0 aliphatic heterocycles. The van der Waals surface area contributed by atoms with Gasteiger partial charge in [-0.3, -0.25) is 0 Å². The van der Waals surface area contributed by atoms with Gasteiger partial charge < -0.3 is 14.6 Å². The lowest BCUT2D eigenvalue weighted by atomic mass is 10.1. The minimum Gasteiger partial charge on any atom is -0.491 e. The van der Waals surface area contributed by atoms with Crippen molar-refractivity contribution in [1.29, 1.82) is 0 Å². The lowest BCUT2D eigenvalue weighted by Crippen LogP contribution is -2.16. The number of rotatable bonds is 3. The Bertz CT molecular complexity index is 450. The van der Waals surface area contributed by atoms with Gasteiger partial charge in [-0.15, -0.1) is 0 Å². The third-order valence-corrected chi connectivity index (χ3v) is 2.64. The molecule has 0 aromatic heterocycles. The number of carbonyl (C=O) groups is 1. The minimum absolute atomic E-state index is 0.131. The Kier molecular flexibility index (Phi) is 4.41. The first kappa shape index (κ1) is 13.9. The minimum atomic E-state index is -1.84. The molecule has 0 heterocycles. The van der Waals surface area contributed by atoms with Gasteiger partial charge in [0.05, 0.1) is 18.7 Å². The normalized spacial score (nSPS) is 12.1. The summed E-state index contributed by atoms with van der Waals surface area (Å²) in [7, 11) is 2.11. The van der Waals surface area contributed by atoms with Crippen LogP contribution >= 0.6 is 15.9 Å². The molecule has 1 rings (SSSR count). The number of benzene rings is 1. The maximum Gasteiger partial charge on any atom is 0.339 e. The van der Waals surface area contributed by atoms with Crippen LogP contribution in [0.4, 0.5) is 8.78 Å². The van der Waals surface area contributed by atoms with Crippen molar-refractivity contribution in [2.45, 2.75) is 6.10 Å². The average molecular weight is 311 g/mol. The van der Waals surface area contributed by atoms with Crippen LogP contribution < -0.4 is 4.74 Å². The van der Waals surface area contributed by atoms with Crippen molar-refractivity contribution < 1.29 is 28.2 Å². The molecule has 0 spiro atoms. The molecule has 0 aliphatic carbocycles. The van der Waals surface area contributed by atoms with Gasteiger partial charge in [0.2, 0.25) is 0 Å². The smallest absolute Gasteiger partial charge is 0.339 e. The second kappa shape index (κ2) is 5.42. The third kappa shape index (κ3) is 2.55. The number of aliphatic hydroxyl groups excluding tert-OH is 1. The Labute approximate surface area is 104 Å². The number of carbonyl (C=O) groups excluding carboxylic acids is 1. The summed E-state index contributed by atoms with van der Waals surface area (Å²) < 4.78 is 35.7. The average Bonchev–Trinajstić information content (AvgIpc) is 2.32. The quantitative estimate of drug-likeness (QED) is 0.685. The van der Waals surface area contributed by atoms with Crippen LogP contribution in [0, 0.1) is 11.6 Å². The molecular weight excluding hydrogens is 302 g/mol. The standard InChI is InChI=1S/C10H9BrF2O4/c1-16-9-6(12)4(3-5(11)7(9)13)8(14)10(15)17-2/h3,8,14H,1-2H3. The molecule has 0 radical (unpaired) electrons. The van der Waals surface area contributed by atoms with E-state index in [0.29, 0.717) is 0 Å². The Morgan fingerprint density at radius 2 is 2.00 bits per heavy atom. The van der Waals surface area contributed by atoms with E-state index in [4.69, 9.17) is 0 Å². The molecular formula is C10H9BrF2O4. The number of aliphatic hydroxyl groups is 1. The van der Waals surface area contributed by atoms with Gasteiger partial charge in [-0.25, -0.2) is 13.6 Å². The maximum absolute atomic E-state index is 13.7. The van der Waals surface area contributed by atoms with Crippen LogP contribution in [0.25, 0.3) is 0 Å². The van der Waals surface area contributed by atoms with Crippen molar-refractivity contribution in [2.24, 2.45) is 0 Å². The van der Waals surface area contributed by atoms with Crippen LogP contribution in [-0.4, -0.2) is 25.3 Å². The molecule has 94 valence electrons. The SMILES string of the molecule is COC(=O)C(O)c1cc(Br)c(F)c(OC)c1F. The Balaban J connectivity index is 3.35. The fraction of sp³-hybridized carbons (Fsp3) is 0.300. The van der Waals surface area contributed by atoms with Gasteiger partial charge >= 0.3 is 5.97 Å². The van der Waals surface area contributed by atoms with E-state index in [1.165, 1.54) is 0 Å². The van der Waals surface area contributed by atoms with E-state index in [9.17, 15) is 18.7 Å². The van der Waals surface area contributed by atoms with Crippen LogP contribution in [-0.2, 0) is 9.53 Å². The largest absolute Gasteiger partial charge is 0.491 e. The predicted octanol–water partition coefficient (Wildman–Crippen LogP) is 1.94. The molecule has 1 aromatic carbocycles. The number of esters is 1. The molecule has 1 unspecified atom stereocenters. The highest BCUT2D eigenvalue weighted by Gasteiger charge is 2.27. The third-order valence-electron chi connectivity index (χ3n) is 2.07. The number of methoxy groups -OCH3 is 2. The summed E-state index contributed by atoms with van der Waals surface area (Å²) in [6.45, 7) is 0. The second-order valence-electron chi connectivity index (χ2n) is 3.03. The molecule has 1 N–H and O–H groups in total. The first-order chi connectivity index (χ1) is 7.93. The van der Waals surface area contributed by atoms with Gasteiger partial charge in [-0.2, -0.15) is 0 Å². The van der Waals surface area contributed by atoms with E-state index in [0.717, 1.165) is 20.3 Å². The van der Waals surface area contributed by atoms with E-state index in [2.05, 4.69) is 25.4 Å². The van der Waals surface area contributed by atoms with E-state index < -0.39 is 35.0 Å². The molecule has 0 amide bonds. The summed E-state index contributed by atoms with van der Waals surface area (Å²) >= 11 is 2.83. The zero-order valence-electron chi connectivity index (χ0n) is 8.96. The van der Waals surface area contributed by atoms with Crippen LogP contribution in [0.5, 0.6) is 5.75 Å². The summed E-state index contributed by atoms with van der Waals surface area (Å²) in [4.78, 5) is 11.1. The summed E-state index contributed by atoms with van der Waals surface area (Å²) in [5, 5.41) is 9.49. The topological polar surface area (TPSA) is 55.8 Å². The number of ether oxygens (including phenoxy) is 2. The van der Waals surface area contributed by atoms with Gasteiger partial charge in [0.1, 0.15) is 0 Å². The molecule has 0 saturated carbocycles. The summed E-state index contributed by atoms with van der Waals surface area (Å²) in [6.07, 6.45) is -1.84. The fourth-order valence-corrected chi connectivity index (χ4v) is 1.64. The monoisotopic (exact) mass is 310 g/mol. The van der Waals surface area contributed by atoms with Crippen molar-refractivity contribution in [1.82, 2.24) is 0 Å². The zero-order chi connectivity index (χ0) is 13.2. The summed E-state index contributed by atoms with van der Waals surface area (Å²) in [6, 6.07) is 0.953. The fourth-order valence-electron chi connectivity index (χ4n) is 1.22. The van der Waals surface area contributed by atoms with E-state index in [-0.39, 0.29) is 4.47 Å². The van der Waals surface area contributed by atoms with Crippen molar-refractivity contribution in [3.63, 3.8) is 0 Å². The predicted molar refractivity (Wildman–Crippen MR) is 57.6 cm³/mol. The number of halogens is 3. The Morgan fingerprint density at radius 3 is 2.47 bits per heavy atom. The molecule has 0 aliphatic rings. The van der Waals surface area contributed by atoms with Crippen molar-refractivity contribution >= 4 is 21.9 Å². The molecule has 4 nitrogen and oxygen atoms in total. The highest BCUT2D eigenvalue weighted by Crippen LogP contribution is 2.33. The maximum atomic E-state index is 13.7. The summed E-state index contributed by atoms with van der Waals surface area (Å²) in [5.74, 6) is -3.83. The van der Waals surface area contributed by atoms with Gasteiger partial charge in [0.25, 0.3) is 0 Å². The van der Waals surface area contributed by atoms with Crippen LogP contribution in [0.1, 0.15) is 11.7 Å². The van der Waals surface area contributed by atoms with E-state index in [1.54, 1.807) is 0 Å².